The molecule has 2 nitrogen and oxygen atoms in total. The third-order valence-corrected chi connectivity index (χ3v) is 8.20. The molecule has 0 aliphatic carbocycles. The zero-order chi connectivity index (χ0) is 28.1. The van der Waals surface area contributed by atoms with Crippen molar-refractivity contribution >= 4 is 21.5 Å². The maximum absolute atomic E-state index is 6.53. The lowest BCUT2D eigenvalue weighted by Gasteiger charge is -2.25. The van der Waals surface area contributed by atoms with E-state index in [9.17, 15) is 0 Å². The van der Waals surface area contributed by atoms with Gasteiger partial charge in [-0.1, -0.05) is 140 Å². The number of benzene rings is 3. The molecular formula is C38H56O2-2. The van der Waals surface area contributed by atoms with E-state index in [1.807, 2.05) is 12.1 Å². The van der Waals surface area contributed by atoms with Crippen LogP contribution in [0.25, 0.3) is 21.5 Å². The molecule has 0 saturated carbocycles. The first kappa shape index (κ1) is 32.3. The Hall–Kier alpha value is -2.22. The fraction of sp³-hybridized carbons (Fsp3) is 0.632. The van der Waals surface area contributed by atoms with E-state index in [4.69, 9.17) is 9.47 Å². The van der Waals surface area contributed by atoms with Crippen LogP contribution in [0, 0.1) is 12.1 Å². The van der Waals surface area contributed by atoms with Crippen molar-refractivity contribution in [3.05, 3.63) is 48.5 Å². The number of rotatable bonds is 24. The van der Waals surface area contributed by atoms with Gasteiger partial charge in [0.05, 0.1) is 13.2 Å². The summed E-state index contributed by atoms with van der Waals surface area (Å²) in [4.78, 5) is 0. The largest absolute Gasteiger partial charge is 0.491 e. The predicted molar refractivity (Wildman–Crippen MR) is 174 cm³/mol. The Morgan fingerprint density at radius 2 is 0.750 bits per heavy atom. The molecule has 3 aromatic carbocycles. The van der Waals surface area contributed by atoms with E-state index < -0.39 is 0 Å². The standard InChI is InChI=1S/C38H56O2/c1-3-5-7-9-11-13-15-17-19-25-31-39-37-35-29-23-21-27-33(35)34-28-22-24-30-36(34)38(37)40-32-26-20-18-16-14-12-10-8-6-4-2/h23-24,27-30H,3-20,25-26,31-32H2,1-2H3/q-2. The van der Waals surface area contributed by atoms with Crippen LogP contribution in [0.1, 0.15) is 142 Å². The monoisotopic (exact) mass is 544 g/mol. The van der Waals surface area contributed by atoms with E-state index >= 15 is 0 Å². The molecule has 0 radical (unpaired) electrons. The van der Waals surface area contributed by atoms with Crippen LogP contribution in [0.15, 0.2) is 36.4 Å². The van der Waals surface area contributed by atoms with Gasteiger partial charge in [0.1, 0.15) is 11.5 Å². The minimum atomic E-state index is 0.739. The summed E-state index contributed by atoms with van der Waals surface area (Å²) in [6, 6.07) is 18.9. The van der Waals surface area contributed by atoms with Gasteiger partial charge in [-0.2, -0.15) is 59.3 Å². The number of hydrogen-bond donors (Lipinski definition) is 0. The van der Waals surface area contributed by atoms with Crippen LogP contribution in [0.4, 0.5) is 0 Å². The Balaban J connectivity index is 1.50. The van der Waals surface area contributed by atoms with Crippen molar-refractivity contribution < 1.29 is 9.47 Å². The van der Waals surface area contributed by atoms with Crippen molar-refractivity contribution in [3.63, 3.8) is 0 Å². The van der Waals surface area contributed by atoms with Gasteiger partial charge in [0, 0.05) is 0 Å². The van der Waals surface area contributed by atoms with E-state index in [0.29, 0.717) is 0 Å². The van der Waals surface area contributed by atoms with E-state index in [2.05, 4.69) is 50.2 Å². The van der Waals surface area contributed by atoms with Crippen molar-refractivity contribution in [1.29, 1.82) is 0 Å². The molecule has 222 valence electrons. The summed E-state index contributed by atoms with van der Waals surface area (Å²) in [6.07, 6.45) is 26.6. The molecule has 0 aliphatic heterocycles. The third kappa shape index (κ3) is 11.3. The second kappa shape index (κ2) is 20.6. The molecule has 0 unspecified atom stereocenters. The highest BCUT2D eigenvalue weighted by atomic mass is 16.5. The van der Waals surface area contributed by atoms with Crippen LogP contribution < -0.4 is 9.47 Å². The smallest absolute Gasteiger partial charge is 0.142 e. The van der Waals surface area contributed by atoms with Crippen molar-refractivity contribution in [2.45, 2.75) is 142 Å². The van der Waals surface area contributed by atoms with Gasteiger partial charge in [-0.3, -0.25) is 0 Å². The quantitative estimate of drug-likeness (QED) is 0.0634. The van der Waals surface area contributed by atoms with E-state index in [0.717, 1.165) is 48.3 Å². The lowest BCUT2D eigenvalue weighted by Crippen LogP contribution is -2.04. The minimum Gasteiger partial charge on any atom is -0.491 e. The van der Waals surface area contributed by atoms with E-state index in [-0.39, 0.29) is 0 Å². The molecule has 0 amide bonds. The Morgan fingerprint density at radius 1 is 0.425 bits per heavy atom. The van der Waals surface area contributed by atoms with Crippen molar-refractivity contribution in [3.8, 4) is 11.5 Å². The highest BCUT2D eigenvalue weighted by Crippen LogP contribution is 2.43. The molecular weight excluding hydrogens is 488 g/mol. The van der Waals surface area contributed by atoms with Gasteiger partial charge >= 0.3 is 0 Å². The summed E-state index contributed by atoms with van der Waals surface area (Å²) in [5.41, 5.74) is 0. The summed E-state index contributed by atoms with van der Waals surface area (Å²) in [7, 11) is 0. The molecule has 0 fully saturated rings. The molecule has 0 saturated heterocycles. The SMILES string of the molecule is CCCCCCCCCCCCOc1c(OCCCCCCCCCCCC)c2cc[c-]cc2c2c[c-]ccc12. The summed E-state index contributed by atoms with van der Waals surface area (Å²) in [5, 5.41) is 4.57. The molecule has 2 heteroatoms. The summed E-state index contributed by atoms with van der Waals surface area (Å²) < 4.78 is 13.1. The van der Waals surface area contributed by atoms with Crippen LogP contribution in [-0.2, 0) is 0 Å². The molecule has 0 aromatic heterocycles. The van der Waals surface area contributed by atoms with Gasteiger partial charge < -0.3 is 9.47 Å². The van der Waals surface area contributed by atoms with Crippen molar-refractivity contribution in [2.75, 3.05) is 13.2 Å². The van der Waals surface area contributed by atoms with Crippen LogP contribution in [-0.4, -0.2) is 13.2 Å². The average molecular weight is 545 g/mol. The van der Waals surface area contributed by atoms with Gasteiger partial charge in [0.2, 0.25) is 0 Å². The maximum atomic E-state index is 6.53. The average Bonchev–Trinajstić information content (AvgIpc) is 2.99. The highest BCUT2D eigenvalue weighted by molar-refractivity contribution is 6.13. The molecule has 3 aromatic rings. The molecule has 0 N–H and O–H groups in total. The first-order chi connectivity index (χ1) is 19.9. The lowest BCUT2D eigenvalue weighted by atomic mass is 10.00. The van der Waals surface area contributed by atoms with Gasteiger partial charge in [-0.25, -0.2) is 0 Å². The number of ether oxygens (including phenoxy) is 2. The summed E-state index contributed by atoms with van der Waals surface area (Å²) in [5.74, 6) is 1.82. The zero-order valence-electron chi connectivity index (χ0n) is 25.8. The van der Waals surface area contributed by atoms with Crippen LogP contribution in [0.3, 0.4) is 0 Å². The molecule has 0 spiro atoms. The van der Waals surface area contributed by atoms with Crippen molar-refractivity contribution in [2.24, 2.45) is 0 Å². The topological polar surface area (TPSA) is 18.5 Å². The van der Waals surface area contributed by atoms with E-state index in [1.165, 1.54) is 126 Å². The normalized spacial score (nSPS) is 11.4. The Morgan fingerprint density at radius 3 is 1.10 bits per heavy atom. The van der Waals surface area contributed by atoms with E-state index in [1.54, 1.807) is 0 Å². The van der Waals surface area contributed by atoms with Crippen LogP contribution >= 0.6 is 0 Å². The number of unbranched alkanes of at least 4 members (excludes halogenated alkanes) is 18. The second-order valence-electron chi connectivity index (χ2n) is 11.7. The molecule has 40 heavy (non-hydrogen) atoms. The number of hydrogen-bond acceptors (Lipinski definition) is 2. The minimum absolute atomic E-state index is 0.739. The first-order valence-corrected chi connectivity index (χ1v) is 16.9. The molecule has 0 atom stereocenters. The van der Waals surface area contributed by atoms with Gasteiger partial charge in [0.25, 0.3) is 0 Å². The van der Waals surface area contributed by atoms with Crippen LogP contribution in [0.5, 0.6) is 11.5 Å². The second-order valence-corrected chi connectivity index (χ2v) is 11.7. The molecule has 0 bridgehead atoms. The van der Waals surface area contributed by atoms with Gasteiger partial charge in [0.15, 0.2) is 0 Å². The Labute approximate surface area is 246 Å². The molecule has 3 rings (SSSR count). The predicted octanol–water partition coefficient (Wildman–Crippen LogP) is 12.2. The lowest BCUT2D eigenvalue weighted by molar-refractivity contribution is 0.263. The van der Waals surface area contributed by atoms with Gasteiger partial charge in [-0.05, 0) is 12.8 Å². The number of fused-ring (bicyclic) bond motifs is 3. The fourth-order valence-corrected chi connectivity index (χ4v) is 5.76. The molecule has 0 aliphatic rings. The fourth-order valence-electron chi connectivity index (χ4n) is 5.76. The Bertz CT molecular complexity index is 971. The zero-order valence-corrected chi connectivity index (χ0v) is 25.8. The maximum Gasteiger partial charge on any atom is 0.142 e. The first-order valence-electron chi connectivity index (χ1n) is 16.9. The van der Waals surface area contributed by atoms with Gasteiger partial charge in [-0.15, -0.1) is 0 Å². The Kier molecular flexibility index (Phi) is 16.7. The van der Waals surface area contributed by atoms with Crippen LogP contribution in [0.2, 0.25) is 0 Å². The third-order valence-electron chi connectivity index (χ3n) is 8.20. The summed E-state index contributed by atoms with van der Waals surface area (Å²) in [6.45, 7) is 6.05. The molecule has 0 heterocycles. The van der Waals surface area contributed by atoms with Crippen molar-refractivity contribution in [1.82, 2.24) is 0 Å². The highest BCUT2D eigenvalue weighted by Gasteiger charge is 2.10. The summed E-state index contributed by atoms with van der Waals surface area (Å²) >= 11 is 0.